The highest BCUT2D eigenvalue weighted by Crippen LogP contribution is 1.92. The molecule has 74 valence electrons. The van der Waals surface area contributed by atoms with Gasteiger partial charge in [0.05, 0.1) is 7.11 Å². The second-order valence-electron chi connectivity index (χ2n) is 1.61. The van der Waals surface area contributed by atoms with Gasteiger partial charge in [0.15, 0.2) is 0 Å². The van der Waals surface area contributed by atoms with Crippen molar-refractivity contribution in [1.29, 1.82) is 0 Å². The number of carbonyl (C=O) groups is 1. The van der Waals surface area contributed by atoms with Gasteiger partial charge in [0.1, 0.15) is 0 Å². The quantitative estimate of drug-likeness (QED) is 0.623. The molecule has 0 unspecified atom stereocenters. The van der Waals surface area contributed by atoms with Crippen LogP contribution in [0.25, 0.3) is 0 Å². The third-order valence-corrected chi connectivity index (χ3v) is 0.788. The van der Waals surface area contributed by atoms with Crippen LogP contribution in [0.4, 0.5) is 8.78 Å². The van der Waals surface area contributed by atoms with Gasteiger partial charge in [-0.3, -0.25) is 0 Å². The zero-order valence-electron chi connectivity index (χ0n) is 7.47. The van der Waals surface area contributed by atoms with Crippen molar-refractivity contribution in [2.24, 2.45) is 0 Å². The largest absolute Gasteiger partial charge is 0.465 e. The Labute approximate surface area is 70.7 Å². The number of halogens is 2. The van der Waals surface area contributed by atoms with Crippen LogP contribution in [-0.2, 0) is 14.3 Å². The molecule has 0 spiro atoms. The van der Waals surface area contributed by atoms with Crippen LogP contribution in [0.2, 0.25) is 0 Å². The summed E-state index contributed by atoms with van der Waals surface area (Å²) in [5.74, 6) is -1.49. The molecule has 0 aliphatic carbocycles. The minimum absolute atomic E-state index is 0.844. The predicted molar refractivity (Wildman–Crippen MR) is 40.2 cm³/mol. The summed E-state index contributed by atoms with van der Waals surface area (Å²) in [5.41, 5.74) is 0. The van der Waals surface area contributed by atoms with E-state index in [-0.39, 0.29) is 0 Å². The first-order valence-corrected chi connectivity index (χ1v) is 3.53. The molecule has 0 aromatic heterocycles. The van der Waals surface area contributed by atoms with Gasteiger partial charge in [-0.05, 0) is 13.8 Å². The van der Waals surface area contributed by atoms with Gasteiger partial charge in [0.25, 0.3) is 0 Å². The van der Waals surface area contributed by atoms with Gasteiger partial charge in [-0.25, -0.2) is 4.79 Å². The molecular weight excluding hydrogens is 170 g/mol. The highest BCUT2D eigenvalue weighted by atomic mass is 19.3. The lowest BCUT2D eigenvalue weighted by molar-refractivity contribution is -0.153. The van der Waals surface area contributed by atoms with Crippen LogP contribution in [0.15, 0.2) is 0 Å². The summed E-state index contributed by atoms with van der Waals surface area (Å²) in [7, 11) is 0.911. The van der Waals surface area contributed by atoms with Crippen LogP contribution < -0.4 is 0 Å². The van der Waals surface area contributed by atoms with Crippen molar-refractivity contribution in [3.63, 3.8) is 0 Å². The third-order valence-electron chi connectivity index (χ3n) is 0.788. The van der Waals surface area contributed by atoms with Crippen molar-refractivity contribution in [2.45, 2.75) is 20.3 Å². The molecule has 0 rings (SSSR count). The predicted octanol–water partition coefficient (Wildman–Crippen LogP) is 1.47. The number of methoxy groups -OCH3 is 1. The average molecular weight is 184 g/mol. The molecule has 0 heterocycles. The van der Waals surface area contributed by atoms with Gasteiger partial charge in [-0.15, -0.1) is 0 Å². The number of carbonyl (C=O) groups excluding carboxylic acids is 1. The SMILES string of the molecule is CCOCC.COC(=O)C(F)F. The van der Waals surface area contributed by atoms with Crippen molar-refractivity contribution in [3.8, 4) is 0 Å². The Morgan fingerprint density at radius 2 is 1.75 bits per heavy atom. The normalized spacial score (nSPS) is 8.83. The molecular formula is C7H14F2O3. The fourth-order valence-corrected chi connectivity index (χ4v) is 0.293. The molecule has 0 N–H and O–H groups in total. The maximum absolute atomic E-state index is 11.0. The van der Waals surface area contributed by atoms with Crippen LogP contribution in [0.5, 0.6) is 0 Å². The first kappa shape index (κ1) is 13.9. The molecule has 0 aliphatic heterocycles. The number of hydrogen-bond acceptors (Lipinski definition) is 3. The standard InChI is InChI=1S/C4H10O.C3H4F2O2/c1-3-5-4-2;1-7-3(6)2(4)5/h3-4H2,1-2H3;2H,1H3. The summed E-state index contributed by atoms with van der Waals surface area (Å²) in [6.45, 7) is 5.67. The summed E-state index contributed by atoms with van der Waals surface area (Å²) in [6.07, 6.45) is -3.00. The van der Waals surface area contributed by atoms with Gasteiger partial charge in [0.2, 0.25) is 0 Å². The van der Waals surface area contributed by atoms with Crippen LogP contribution >= 0.6 is 0 Å². The molecule has 12 heavy (non-hydrogen) atoms. The van der Waals surface area contributed by atoms with E-state index in [9.17, 15) is 13.6 Å². The number of rotatable bonds is 3. The topological polar surface area (TPSA) is 35.5 Å². The molecule has 5 heteroatoms. The highest BCUT2D eigenvalue weighted by molar-refractivity contribution is 5.72. The minimum Gasteiger partial charge on any atom is -0.465 e. The Morgan fingerprint density at radius 3 is 1.75 bits per heavy atom. The monoisotopic (exact) mass is 184 g/mol. The number of alkyl halides is 2. The smallest absolute Gasteiger partial charge is 0.373 e. The maximum Gasteiger partial charge on any atom is 0.373 e. The second kappa shape index (κ2) is 10.3. The molecule has 0 saturated carbocycles. The zero-order chi connectivity index (χ0) is 9.98. The summed E-state index contributed by atoms with van der Waals surface area (Å²) in [5, 5.41) is 0. The lowest BCUT2D eigenvalue weighted by Gasteiger charge is -1.91. The summed E-state index contributed by atoms with van der Waals surface area (Å²) < 4.78 is 30.4. The Morgan fingerprint density at radius 1 is 1.33 bits per heavy atom. The summed E-state index contributed by atoms with van der Waals surface area (Å²) >= 11 is 0. The number of ether oxygens (including phenoxy) is 2. The lowest BCUT2D eigenvalue weighted by Crippen LogP contribution is -2.10. The van der Waals surface area contributed by atoms with Gasteiger partial charge < -0.3 is 9.47 Å². The molecule has 0 aromatic carbocycles. The molecule has 0 amide bonds. The van der Waals surface area contributed by atoms with E-state index >= 15 is 0 Å². The lowest BCUT2D eigenvalue weighted by atomic mass is 10.7. The van der Waals surface area contributed by atoms with Gasteiger partial charge >= 0.3 is 12.4 Å². The van der Waals surface area contributed by atoms with Gasteiger partial charge in [-0.1, -0.05) is 0 Å². The summed E-state index contributed by atoms with van der Waals surface area (Å²) in [6, 6.07) is 0. The van der Waals surface area contributed by atoms with E-state index in [4.69, 9.17) is 4.74 Å². The number of hydrogen-bond donors (Lipinski definition) is 0. The molecule has 0 aliphatic rings. The fraction of sp³-hybridized carbons (Fsp3) is 0.857. The maximum atomic E-state index is 11.0. The van der Waals surface area contributed by atoms with E-state index in [1.54, 1.807) is 0 Å². The molecule has 3 nitrogen and oxygen atoms in total. The van der Waals surface area contributed by atoms with Crippen molar-refractivity contribution in [2.75, 3.05) is 20.3 Å². The Hall–Kier alpha value is -0.710. The van der Waals surface area contributed by atoms with Crippen LogP contribution in [0, 0.1) is 0 Å². The van der Waals surface area contributed by atoms with Crippen LogP contribution in [0.3, 0.4) is 0 Å². The highest BCUT2D eigenvalue weighted by Gasteiger charge is 2.13. The van der Waals surface area contributed by atoms with Crippen molar-refractivity contribution >= 4 is 5.97 Å². The molecule has 0 fully saturated rings. The number of esters is 1. The van der Waals surface area contributed by atoms with Crippen molar-refractivity contribution in [3.05, 3.63) is 0 Å². The van der Waals surface area contributed by atoms with E-state index in [0.29, 0.717) is 0 Å². The van der Waals surface area contributed by atoms with Crippen LogP contribution in [-0.4, -0.2) is 32.7 Å². The van der Waals surface area contributed by atoms with Gasteiger partial charge in [-0.2, -0.15) is 8.78 Å². The summed E-state index contributed by atoms with van der Waals surface area (Å²) in [4.78, 5) is 9.54. The first-order valence-electron chi connectivity index (χ1n) is 3.53. The van der Waals surface area contributed by atoms with Crippen molar-refractivity contribution < 1.29 is 23.0 Å². The molecule has 0 radical (unpaired) electrons. The average Bonchev–Trinajstić information content (AvgIpc) is 2.05. The Kier molecular flexibility index (Phi) is 11.9. The fourth-order valence-electron chi connectivity index (χ4n) is 0.293. The van der Waals surface area contributed by atoms with Gasteiger partial charge in [0, 0.05) is 13.2 Å². The van der Waals surface area contributed by atoms with E-state index in [0.717, 1.165) is 20.3 Å². The van der Waals surface area contributed by atoms with E-state index in [1.807, 2.05) is 13.8 Å². The van der Waals surface area contributed by atoms with E-state index < -0.39 is 12.4 Å². The Balaban J connectivity index is 0. The van der Waals surface area contributed by atoms with Crippen LogP contribution in [0.1, 0.15) is 13.8 Å². The first-order chi connectivity index (χ1) is 5.59. The third kappa shape index (κ3) is 12.0. The molecule has 0 bridgehead atoms. The molecule has 0 aromatic rings. The minimum atomic E-state index is -3.00. The molecule has 0 atom stereocenters. The Bertz CT molecular complexity index is 105. The zero-order valence-corrected chi connectivity index (χ0v) is 7.47. The van der Waals surface area contributed by atoms with E-state index in [1.165, 1.54) is 0 Å². The van der Waals surface area contributed by atoms with Crippen molar-refractivity contribution in [1.82, 2.24) is 0 Å². The van der Waals surface area contributed by atoms with E-state index in [2.05, 4.69) is 4.74 Å². The molecule has 0 saturated heterocycles. The second-order valence-corrected chi connectivity index (χ2v) is 1.61.